The summed E-state index contributed by atoms with van der Waals surface area (Å²) in [6.07, 6.45) is 1.85. The van der Waals surface area contributed by atoms with Gasteiger partial charge in [0.2, 0.25) is 0 Å². The van der Waals surface area contributed by atoms with E-state index in [-0.39, 0.29) is 11.0 Å². The zero-order chi connectivity index (χ0) is 19.1. The zero-order valence-electron chi connectivity index (χ0n) is 15.1. The fraction of sp³-hybridized carbons (Fsp3) is 0.238. The number of carboxylic acid groups (broad SMARTS) is 1. The lowest BCUT2D eigenvalue weighted by Crippen LogP contribution is -2.13. The van der Waals surface area contributed by atoms with Gasteiger partial charge in [0.05, 0.1) is 5.56 Å². The molecule has 26 heavy (non-hydrogen) atoms. The Bertz CT molecular complexity index is 986. The number of pyridine rings is 1. The van der Waals surface area contributed by atoms with E-state index in [1.807, 2.05) is 12.3 Å². The first-order chi connectivity index (χ1) is 12.2. The van der Waals surface area contributed by atoms with E-state index in [1.54, 1.807) is 23.5 Å². The van der Waals surface area contributed by atoms with Crippen molar-refractivity contribution < 1.29 is 9.90 Å². The highest BCUT2D eigenvalue weighted by Crippen LogP contribution is 2.40. The number of aryl methyl sites for hydroxylation is 1. The molecule has 1 aromatic carbocycles. The molecular formula is C21H20ClNO2S. The maximum Gasteiger partial charge on any atom is 0.335 e. The van der Waals surface area contributed by atoms with Crippen LogP contribution in [0.4, 0.5) is 0 Å². The van der Waals surface area contributed by atoms with Crippen LogP contribution in [0.5, 0.6) is 0 Å². The summed E-state index contributed by atoms with van der Waals surface area (Å²) in [6, 6.07) is 11.1. The quantitative estimate of drug-likeness (QED) is 0.564. The predicted octanol–water partition coefficient (Wildman–Crippen LogP) is 6.43. The van der Waals surface area contributed by atoms with Gasteiger partial charge in [0.25, 0.3) is 0 Å². The van der Waals surface area contributed by atoms with E-state index in [9.17, 15) is 4.79 Å². The molecule has 3 aromatic rings. The van der Waals surface area contributed by atoms with Gasteiger partial charge in [0.1, 0.15) is 0 Å². The normalized spacial score (nSPS) is 11.6. The first-order valence-electron chi connectivity index (χ1n) is 8.27. The van der Waals surface area contributed by atoms with E-state index in [0.29, 0.717) is 5.02 Å². The van der Waals surface area contributed by atoms with Gasteiger partial charge in [-0.1, -0.05) is 38.4 Å². The molecular weight excluding hydrogens is 366 g/mol. The van der Waals surface area contributed by atoms with Gasteiger partial charge in [-0.2, -0.15) is 0 Å². The van der Waals surface area contributed by atoms with Crippen LogP contribution in [0.25, 0.3) is 21.6 Å². The van der Waals surface area contributed by atoms with Crippen LogP contribution in [0.1, 0.15) is 41.7 Å². The van der Waals surface area contributed by atoms with E-state index in [1.165, 1.54) is 6.07 Å². The number of hydrogen-bond donors (Lipinski definition) is 1. The van der Waals surface area contributed by atoms with Crippen LogP contribution in [0.2, 0.25) is 5.02 Å². The summed E-state index contributed by atoms with van der Waals surface area (Å²) in [6.45, 7) is 8.49. The molecule has 3 rings (SSSR count). The molecule has 0 aliphatic heterocycles. The Morgan fingerprint density at radius 2 is 1.85 bits per heavy atom. The number of benzene rings is 1. The smallest absolute Gasteiger partial charge is 0.335 e. The SMILES string of the molecule is Cc1sc(-c2ccnc(C(C)(C)C)c2)cc1-c1ccc(C(=O)O)cc1Cl. The lowest BCUT2D eigenvalue weighted by molar-refractivity contribution is 0.0697. The molecule has 0 radical (unpaired) electrons. The summed E-state index contributed by atoms with van der Waals surface area (Å²) in [7, 11) is 0. The van der Waals surface area contributed by atoms with Crippen molar-refractivity contribution in [1.29, 1.82) is 0 Å². The molecule has 2 aromatic heterocycles. The van der Waals surface area contributed by atoms with Crippen LogP contribution in [0.3, 0.4) is 0 Å². The summed E-state index contributed by atoms with van der Waals surface area (Å²) < 4.78 is 0. The van der Waals surface area contributed by atoms with Gasteiger partial charge in [0, 0.05) is 37.6 Å². The maximum atomic E-state index is 11.1. The molecule has 5 heteroatoms. The molecule has 1 N–H and O–H groups in total. The minimum Gasteiger partial charge on any atom is -0.478 e. The third kappa shape index (κ3) is 3.67. The highest BCUT2D eigenvalue weighted by molar-refractivity contribution is 7.16. The Morgan fingerprint density at radius 1 is 1.12 bits per heavy atom. The second-order valence-corrected chi connectivity index (χ2v) is 8.92. The molecule has 0 aliphatic carbocycles. The Hall–Kier alpha value is -2.17. The number of hydrogen-bond acceptors (Lipinski definition) is 3. The Kier molecular flexibility index (Phi) is 4.91. The van der Waals surface area contributed by atoms with Gasteiger partial charge in [-0.05, 0) is 48.4 Å². The molecule has 0 fully saturated rings. The molecule has 3 nitrogen and oxygen atoms in total. The zero-order valence-corrected chi connectivity index (χ0v) is 16.7. The molecule has 0 saturated carbocycles. The first kappa shape index (κ1) is 18.6. The van der Waals surface area contributed by atoms with Crippen molar-refractivity contribution in [2.45, 2.75) is 33.1 Å². The third-order valence-electron chi connectivity index (χ3n) is 4.24. The van der Waals surface area contributed by atoms with E-state index in [0.717, 1.165) is 32.1 Å². The van der Waals surface area contributed by atoms with E-state index in [4.69, 9.17) is 16.7 Å². The number of aromatic nitrogens is 1. The predicted molar refractivity (Wildman–Crippen MR) is 108 cm³/mol. The Morgan fingerprint density at radius 3 is 2.46 bits per heavy atom. The number of carboxylic acids is 1. The number of aromatic carboxylic acids is 1. The number of rotatable bonds is 3. The average Bonchev–Trinajstić information content (AvgIpc) is 2.95. The topological polar surface area (TPSA) is 50.2 Å². The highest BCUT2D eigenvalue weighted by Gasteiger charge is 2.18. The second kappa shape index (κ2) is 6.86. The number of thiophene rings is 1. The fourth-order valence-corrected chi connectivity index (χ4v) is 4.06. The van der Waals surface area contributed by atoms with Crippen molar-refractivity contribution in [3.63, 3.8) is 0 Å². The standard InChI is InChI=1S/C21H20ClNO2S/c1-12-16(15-6-5-14(20(24)25)9-17(15)22)11-18(26-12)13-7-8-23-19(10-13)21(2,3)4/h5-11H,1-4H3,(H,24,25). The molecule has 0 aliphatic rings. The monoisotopic (exact) mass is 385 g/mol. The van der Waals surface area contributed by atoms with Crippen molar-refractivity contribution in [3.05, 3.63) is 63.8 Å². The molecule has 0 bridgehead atoms. The van der Waals surface area contributed by atoms with Crippen LogP contribution in [-0.2, 0) is 5.41 Å². The molecule has 0 spiro atoms. The van der Waals surface area contributed by atoms with Crippen molar-refractivity contribution in [3.8, 4) is 21.6 Å². The van der Waals surface area contributed by atoms with Gasteiger partial charge >= 0.3 is 5.97 Å². The maximum absolute atomic E-state index is 11.1. The lowest BCUT2D eigenvalue weighted by atomic mass is 9.90. The van der Waals surface area contributed by atoms with E-state index in [2.05, 4.69) is 44.8 Å². The lowest BCUT2D eigenvalue weighted by Gasteiger charge is -2.17. The van der Waals surface area contributed by atoms with Crippen LogP contribution >= 0.6 is 22.9 Å². The summed E-state index contributed by atoms with van der Waals surface area (Å²) >= 11 is 8.05. The minimum absolute atomic E-state index is 0.0128. The molecule has 0 unspecified atom stereocenters. The largest absolute Gasteiger partial charge is 0.478 e. The summed E-state index contributed by atoms with van der Waals surface area (Å²) in [5.41, 5.74) is 4.23. The van der Waals surface area contributed by atoms with Gasteiger partial charge < -0.3 is 5.11 Å². The second-order valence-electron chi connectivity index (χ2n) is 7.26. The Balaban J connectivity index is 2.05. The fourth-order valence-electron chi connectivity index (χ4n) is 2.75. The van der Waals surface area contributed by atoms with Crippen LogP contribution < -0.4 is 0 Å². The van der Waals surface area contributed by atoms with Crippen molar-refractivity contribution >= 4 is 28.9 Å². The van der Waals surface area contributed by atoms with Crippen molar-refractivity contribution in [2.24, 2.45) is 0 Å². The molecule has 0 amide bonds. The van der Waals surface area contributed by atoms with Gasteiger partial charge in [-0.3, -0.25) is 4.98 Å². The van der Waals surface area contributed by atoms with Crippen LogP contribution in [-0.4, -0.2) is 16.1 Å². The van der Waals surface area contributed by atoms with E-state index < -0.39 is 5.97 Å². The van der Waals surface area contributed by atoms with Gasteiger partial charge in [0.15, 0.2) is 0 Å². The summed E-state index contributed by atoms with van der Waals surface area (Å²) in [5.74, 6) is -0.979. The van der Waals surface area contributed by atoms with Gasteiger partial charge in [-0.15, -0.1) is 11.3 Å². The van der Waals surface area contributed by atoms with Gasteiger partial charge in [-0.25, -0.2) is 4.79 Å². The Labute approximate surface area is 162 Å². The summed E-state index contributed by atoms with van der Waals surface area (Å²) in [4.78, 5) is 17.9. The number of carbonyl (C=O) groups is 1. The van der Waals surface area contributed by atoms with Crippen LogP contribution in [0, 0.1) is 6.92 Å². The average molecular weight is 386 g/mol. The molecule has 134 valence electrons. The van der Waals surface area contributed by atoms with Crippen molar-refractivity contribution in [2.75, 3.05) is 0 Å². The summed E-state index contributed by atoms with van der Waals surface area (Å²) in [5, 5.41) is 9.55. The minimum atomic E-state index is -0.979. The molecule has 0 atom stereocenters. The van der Waals surface area contributed by atoms with E-state index >= 15 is 0 Å². The molecule has 0 saturated heterocycles. The molecule has 2 heterocycles. The number of nitrogens with zero attached hydrogens (tertiary/aromatic N) is 1. The number of halogens is 1. The van der Waals surface area contributed by atoms with Crippen molar-refractivity contribution in [1.82, 2.24) is 4.98 Å². The highest BCUT2D eigenvalue weighted by atomic mass is 35.5. The first-order valence-corrected chi connectivity index (χ1v) is 9.47. The third-order valence-corrected chi connectivity index (χ3v) is 5.65. The van der Waals surface area contributed by atoms with Crippen LogP contribution in [0.15, 0.2) is 42.6 Å².